The summed E-state index contributed by atoms with van der Waals surface area (Å²) in [6.45, 7) is -0.0676. The van der Waals surface area contributed by atoms with Crippen LogP contribution in [-0.4, -0.2) is 45.9 Å². The Kier molecular flexibility index (Phi) is 12.0. The van der Waals surface area contributed by atoms with Crippen LogP contribution in [0.1, 0.15) is 22.3 Å². The first kappa shape index (κ1) is 33.1. The second-order valence-corrected chi connectivity index (χ2v) is 12.6. The zero-order valence-corrected chi connectivity index (χ0v) is 25.5. The maximum Gasteiger partial charge on any atom is 0.413 e. The molecule has 4 rings (SSSR count). The number of carboxylic acids is 1. The van der Waals surface area contributed by atoms with Crippen LogP contribution in [0.3, 0.4) is 0 Å². The number of carbonyl (C=O) groups excluding carboxylic acids is 2. The van der Waals surface area contributed by atoms with Crippen LogP contribution in [0.2, 0.25) is 0 Å². The van der Waals surface area contributed by atoms with E-state index in [1.54, 1.807) is 103 Å². The van der Waals surface area contributed by atoms with Crippen molar-refractivity contribution in [1.82, 2.24) is 10.6 Å². The highest BCUT2D eigenvalue weighted by molar-refractivity contribution is 7.46. The lowest BCUT2D eigenvalue weighted by Crippen LogP contribution is -2.49. The SMILES string of the molecule is O=C(NC(O)(Cc1ccccc1)[P+](=O)CC(Cc1ccccc1)C(=O)N[C@@H](Cc1ccccc1)C(=O)O)OCc1ccccc1. The fourth-order valence-corrected chi connectivity index (χ4v) is 6.40. The Balaban J connectivity index is 1.55. The fourth-order valence-electron chi connectivity index (χ4n) is 4.83. The molecule has 0 aliphatic heterocycles. The molecule has 0 saturated carbocycles. The molecule has 4 atom stereocenters. The summed E-state index contributed by atoms with van der Waals surface area (Å²) in [6, 6.07) is 34.4. The number of rotatable bonds is 15. The van der Waals surface area contributed by atoms with Gasteiger partial charge >= 0.3 is 25.3 Å². The number of carboxylic acid groups (broad SMARTS) is 1. The lowest BCUT2D eigenvalue weighted by molar-refractivity contribution is -0.142. The van der Waals surface area contributed by atoms with Gasteiger partial charge < -0.3 is 20.3 Å². The normalized spacial score (nSPS) is 13.8. The van der Waals surface area contributed by atoms with Gasteiger partial charge in [-0.3, -0.25) is 10.1 Å². The molecule has 0 spiro atoms. The van der Waals surface area contributed by atoms with E-state index in [0.717, 1.165) is 16.7 Å². The molecule has 232 valence electrons. The van der Waals surface area contributed by atoms with Crippen molar-refractivity contribution >= 4 is 25.8 Å². The van der Waals surface area contributed by atoms with E-state index in [2.05, 4.69) is 10.6 Å². The molecule has 0 aliphatic carbocycles. The van der Waals surface area contributed by atoms with E-state index in [0.29, 0.717) is 5.56 Å². The molecular weight excluding hydrogens is 591 g/mol. The van der Waals surface area contributed by atoms with Gasteiger partial charge in [-0.05, 0) is 28.7 Å². The second kappa shape index (κ2) is 16.3. The quantitative estimate of drug-likeness (QED) is 0.104. The largest absolute Gasteiger partial charge is 0.480 e. The zero-order valence-electron chi connectivity index (χ0n) is 24.6. The average Bonchev–Trinajstić information content (AvgIpc) is 3.05. The van der Waals surface area contributed by atoms with Crippen LogP contribution in [0.4, 0.5) is 4.79 Å². The van der Waals surface area contributed by atoms with Crippen molar-refractivity contribution in [2.75, 3.05) is 6.16 Å². The van der Waals surface area contributed by atoms with Gasteiger partial charge in [-0.25, -0.2) is 9.59 Å². The van der Waals surface area contributed by atoms with Crippen molar-refractivity contribution in [1.29, 1.82) is 0 Å². The first-order chi connectivity index (χ1) is 21.7. The third-order valence-corrected chi connectivity index (χ3v) is 9.07. The summed E-state index contributed by atoms with van der Waals surface area (Å²) in [6.07, 6.45) is -1.34. The number of benzene rings is 4. The summed E-state index contributed by atoms with van der Waals surface area (Å²) in [5.41, 5.74) is 0.552. The molecule has 0 aliphatic rings. The van der Waals surface area contributed by atoms with Crippen LogP contribution in [-0.2, 0) is 44.8 Å². The number of hydrogen-bond acceptors (Lipinski definition) is 6. The number of aliphatic hydroxyl groups is 1. The van der Waals surface area contributed by atoms with Crippen molar-refractivity contribution in [2.24, 2.45) is 5.92 Å². The van der Waals surface area contributed by atoms with Crippen molar-refractivity contribution in [2.45, 2.75) is 37.4 Å². The van der Waals surface area contributed by atoms with E-state index in [9.17, 15) is 29.2 Å². The topological polar surface area (TPSA) is 142 Å². The van der Waals surface area contributed by atoms with Gasteiger partial charge in [0.25, 0.3) is 0 Å². The summed E-state index contributed by atoms with van der Waals surface area (Å²) >= 11 is 0. The van der Waals surface area contributed by atoms with Gasteiger partial charge in [0.15, 0.2) is 6.16 Å². The van der Waals surface area contributed by atoms with E-state index >= 15 is 0 Å². The number of ether oxygens (including phenoxy) is 1. The Bertz CT molecular complexity index is 1560. The van der Waals surface area contributed by atoms with Crippen LogP contribution in [0, 0.1) is 5.92 Å². The highest BCUT2D eigenvalue weighted by Gasteiger charge is 2.51. The molecule has 0 heterocycles. The van der Waals surface area contributed by atoms with Crippen LogP contribution in [0.5, 0.6) is 0 Å². The third kappa shape index (κ3) is 10.4. The minimum Gasteiger partial charge on any atom is -0.480 e. The molecule has 4 aromatic carbocycles. The summed E-state index contributed by atoms with van der Waals surface area (Å²) in [5.74, 6) is -2.82. The van der Waals surface area contributed by atoms with Gasteiger partial charge in [0, 0.05) is 6.42 Å². The number of hydrogen-bond donors (Lipinski definition) is 4. The molecule has 0 saturated heterocycles. The number of amides is 2. The molecule has 4 N–H and O–H groups in total. The molecule has 2 amide bonds. The van der Waals surface area contributed by atoms with Crippen molar-refractivity contribution < 1.29 is 33.9 Å². The van der Waals surface area contributed by atoms with Crippen LogP contribution >= 0.6 is 7.80 Å². The van der Waals surface area contributed by atoms with E-state index in [1.807, 2.05) is 18.2 Å². The number of alkyl carbamates (subject to hydrolysis) is 1. The summed E-state index contributed by atoms with van der Waals surface area (Å²) in [4.78, 5) is 38.6. The summed E-state index contributed by atoms with van der Waals surface area (Å²) in [7, 11) is -2.72. The van der Waals surface area contributed by atoms with Gasteiger partial charge in [0.1, 0.15) is 12.6 Å². The second-order valence-electron chi connectivity index (χ2n) is 10.7. The van der Waals surface area contributed by atoms with E-state index in [-0.39, 0.29) is 32.0 Å². The predicted molar refractivity (Wildman–Crippen MR) is 171 cm³/mol. The van der Waals surface area contributed by atoms with Gasteiger partial charge in [-0.1, -0.05) is 126 Å². The Morgan fingerprint density at radius 2 is 1.18 bits per heavy atom. The molecule has 0 aromatic heterocycles. The molecule has 3 unspecified atom stereocenters. The molecule has 9 nitrogen and oxygen atoms in total. The third-order valence-electron chi connectivity index (χ3n) is 7.20. The Morgan fingerprint density at radius 3 is 1.69 bits per heavy atom. The summed E-state index contributed by atoms with van der Waals surface area (Å²) in [5, 5.41) is 26.6. The fraction of sp³-hybridized carbons (Fsp3) is 0.229. The monoisotopic (exact) mass is 627 g/mol. The average molecular weight is 628 g/mol. The van der Waals surface area contributed by atoms with Gasteiger partial charge in [-0.2, -0.15) is 0 Å². The van der Waals surface area contributed by atoms with Gasteiger partial charge in [0.2, 0.25) is 5.91 Å². The minimum absolute atomic E-state index is 0.0544. The van der Waals surface area contributed by atoms with Crippen molar-refractivity contribution in [3.8, 4) is 0 Å². The lowest BCUT2D eigenvalue weighted by atomic mass is 9.99. The van der Waals surface area contributed by atoms with Crippen molar-refractivity contribution in [3.63, 3.8) is 0 Å². The smallest absolute Gasteiger partial charge is 0.413 e. The molecule has 0 fully saturated rings. The minimum atomic E-state index is -2.72. The maximum absolute atomic E-state index is 14.0. The van der Waals surface area contributed by atoms with Crippen molar-refractivity contribution in [3.05, 3.63) is 144 Å². The number of nitrogens with one attached hydrogen (secondary N) is 2. The molecule has 0 bridgehead atoms. The standard InChI is InChI=1S/C35H35N2O7P/c38-32(36-31(33(39)40)22-27-15-7-2-8-16-27)30(21-26-13-5-1-6-14-26)25-45(43)35(42,23-28-17-9-3-10-18-28)37-34(41)44-24-29-19-11-4-12-20-29/h1-20,30-31,42H,21-25H2,(H2-,36,37,38,39,40,41)/p+1/t30?,31-,35?/m0/s1. The summed E-state index contributed by atoms with van der Waals surface area (Å²) < 4.78 is 19.3. The molecule has 4 aromatic rings. The Hall–Kier alpha value is -4.85. The maximum atomic E-state index is 14.0. The Morgan fingerprint density at radius 1 is 0.711 bits per heavy atom. The van der Waals surface area contributed by atoms with Crippen LogP contribution < -0.4 is 10.6 Å². The number of carbonyl (C=O) groups is 3. The van der Waals surface area contributed by atoms with E-state index < -0.39 is 43.2 Å². The Labute approximate surface area is 263 Å². The van der Waals surface area contributed by atoms with Gasteiger partial charge in [0.05, 0.1) is 12.3 Å². The predicted octanol–water partition coefficient (Wildman–Crippen LogP) is 5.30. The van der Waals surface area contributed by atoms with E-state index in [1.165, 1.54) is 0 Å². The lowest BCUT2D eigenvalue weighted by Gasteiger charge is -2.22. The van der Waals surface area contributed by atoms with Gasteiger partial charge in [-0.15, -0.1) is 0 Å². The van der Waals surface area contributed by atoms with Crippen LogP contribution in [0.15, 0.2) is 121 Å². The molecular formula is C35H36N2O7P+. The zero-order chi connectivity index (χ0) is 32.1. The molecule has 10 heteroatoms. The first-order valence-corrected chi connectivity index (χ1v) is 16.0. The highest BCUT2D eigenvalue weighted by atomic mass is 31.1. The van der Waals surface area contributed by atoms with Crippen LogP contribution in [0.25, 0.3) is 0 Å². The highest BCUT2D eigenvalue weighted by Crippen LogP contribution is 2.40. The molecule has 0 radical (unpaired) electrons. The molecule has 45 heavy (non-hydrogen) atoms. The number of aliphatic carboxylic acids is 1. The van der Waals surface area contributed by atoms with E-state index in [4.69, 9.17) is 4.74 Å². The first-order valence-electron chi connectivity index (χ1n) is 14.5.